The number of aryl methyl sites for hydroxylation is 1. The summed E-state index contributed by atoms with van der Waals surface area (Å²) in [5.74, 6) is 0.432. The molecule has 0 spiro atoms. The molecule has 5 heteroatoms. The number of nitrogens with two attached hydrogens (primary N) is 1. The molecule has 0 saturated heterocycles. The number of nitrogens with zero attached hydrogens (tertiary/aromatic N) is 3. The normalized spacial score (nSPS) is 10.5. The van der Waals surface area contributed by atoms with Gasteiger partial charge in [-0.1, -0.05) is 22.9 Å². The van der Waals surface area contributed by atoms with Crippen molar-refractivity contribution < 1.29 is 0 Å². The maximum atomic E-state index is 5.87. The Kier molecular flexibility index (Phi) is 2.60. The highest BCUT2D eigenvalue weighted by Gasteiger charge is 2.02. The molecule has 78 valence electrons. The molecule has 2 N–H and O–H groups in total. The van der Waals surface area contributed by atoms with E-state index in [-0.39, 0.29) is 0 Å². The number of benzene rings is 1. The molecule has 1 aromatic carbocycles. The molecule has 0 amide bonds. The van der Waals surface area contributed by atoms with E-state index in [1.807, 2.05) is 25.1 Å². The molecule has 0 fully saturated rings. The van der Waals surface area contributed by atoms with Crippen LogP contribution in [-0.2, 0) is 6.54 Å². The van der Waals surface area contributed by atoms with Crippen LogP contribution in [0.4, 0.5) is 5.82 Å². The molecule has 0 atom stereocenters. The van der Waals surface area contributed by atoms with Gasteiger partial charge in [0.15, 0.2) is 5.82 Å². The van der Waals surface area contributed by atoms with E-state index in [0.717, 1.165) is 16.1 Å². The first-order valence-electron chi connectivity index (χ1n) is 4.56. The largest absolute Gasteiger partial charge is 0.381 e. The van der Waals surface area contributed by atoms with Crippen molar-refractivity contribution >= 4 is 17.4 Å². The lowest BCUT2D eigenvalue weighted by Crippen LogP contribution is -2.02. The second-order valence-electron chi connectivity index (χ2n) is 3.41. The van der Waals surface area contributed by atoms with Crippen LogP contribution in [0.1, 0.15) is 11.1 Å². The number of halogens is 1. The zero-order chi connectivity index (χ0) is 10.8. The van der Waals surface area contributed by atoms with Crippen LogP contribution >= 0.6 is 11.6 Å². The Morgan fingerprint density at radius 1 is 1.47 bits per heavy atom. The Labute approximate surface area is 92.7 Å². The van der Waals surface area contributed by atoms with E-state index in [2.05, 4.69) is 10.3 Å². The standard InChI is InChI=1S/C10H11ClN4/c1-7-4-9(11)3-2-8(7)5-15-6-10(12)13-14-15/h2-4,6H,5,12H2,1H3. The molecule has 15 heavy (non-hydrogen) atoms. The predicted octanol–water partition coefficient (Wildman–Crippen LogP) is 1.87. The van der Waals surface area contributed by atoms with Crippen molar-refractivity contribution in [2.45, 2.75) is 13.5 Å². The molecule has 0 bridgehead atoms. The Morgan fingerprint density at radius 2 is 2.27 bits per heavy atom. The smallest absolute Gasteiger partial charge is 0.165 e. The van der Waals surface area contributed by atoms with Gasteiger partial charge in [-0.15, -0.1) is 5.10 Å². The Bertz CT molecular complexity index is 478. The second-order valence-corrected chi connectivity index (χ2v) is 3.85. The van der Waals surface area contributed by atoms with E-state index in [1.165, 1.54) is 0 Å². The van der Waals surface area contributed by atoms with E-state index in [0.29, 0.717) is 12.4 Å². The molecule has 2 aromatic rings. The lowest BCUT2D eigenvalue weighted by atomic mass is 10.1. The van der Waals surface area contributed by atoms with Gasteiger partial charge in [0.25, 0.3) is 0 Å². The third kappa shape index (κ3) is 2.27. The van der Waals surface area contributed by atoms with Crippen molar-refractivity contribution in [1.82, 2.24) is 15.0 Å². The number of nitrogen functional groups attached to an aromatic ring is 1. The molecule has 0 aliphatic rings. The van der Waals surface area contributed by atoms with Crippen molar-refractivity contribution in [3.05, 3.63) is 40.5 Å². The van der Waals surface area contributed by atoms with Gasteiger partial charge in [0.1, 0.15) is 0 Å². The van der Waals surface area contributed by atoms with Crippen LogP contribution in [0.2, 0.25) is 5.02 Å². The Morgan fingerprint density at radius 3 is 2.87 bits per heavy atom. The van der Waals surface area contributed by atoms with Crippen LogP contribution in [-0.4, -0.2) is 15.0 Å². The number of aromatic nitrogens is 3. The fourth-order valence-electron chi connectivity index (χ4n) is 1.40. The molecule has 0 aliphatic carbocycles. The maximum Gasteiger partial charge on any atom is 0.165 e. The van der Waals surface area contributed by atoms with Crippen molar-refractivity contribution in [2.24, 2.45) is 0 Å². The van der Waals surface area contributed by atoms with E-state index >= 15 is 0 Å². The van der Waals surface area contributed by atoms with E-state index in [1.54, 1.807) is 10.9 Å². The first-order chi connectivity index (χ1) is 7.15. The average molecular weight is 223 g/mol. The van der Waals surface area contributed by atoms with Gasteiger partial charge in [-0.2, -0.15) is 0 Å². The van der Waals surface area contributed by atoms with Crippen LogP contribution < -0.4 is 5.73 Å². The lowest BCUT2D eigenvalue weighted by Gasteiger charge is -2.05. The van der Waals surface area contributed by atoms with Crippen LogP contribution in [0, 0.1) is 6.92 Å². The summed E-state index contributed by atoms with van der Waals surface area (Å²) in [6.45, 7) is 2.68. The molecular formula is C10H11ClN4. The van der Waals surface area contributed by atoms with Crippen LogP contribution in [0.5, 0.6) is 0 Å². The van der Waals surface area contributed by atoms with Gasteiger partial charge in [-0.25, -0.2) is 4.68 Å². The number of anilines is 1. The molecule has 0 unspecified atom stereocenters. The summed E-state index contributed by atoms with van der Waals surface area (Å²) in [5.41, 5.74) is 7.77. The van der Waals surface area contributed by atoms with Crippen LogP contribution in [0.25, 0.3) is 0 Å². The topological polar surface area (TPSA) is 56.7 Å². The van der Waals surface area contributed by atoms with Crippen molar-refractivity contribution in [3.8, 4) is 0 Å². The summed E-state index contributed by atoms with van der Waals surface area (Å²) in [4.78, 5) is 0. The van der Waals surface area contributed by atoms with Gasteiger partial charge in [0.05, 0.1) is 12.7 Å². The molecule has 1 heterocycles. The maximum absolute atomic E-state index is 5.87. The van der Waals surface area contributed by atoms with E-state index < -0.39 is 0 Å². The van der Waals surface area contributed by atoms with Gasteiger partial charge in [0, 0.05) is 5.02 Å². The molecule has 0 saturated carbocycles. The summed E-state index contributed by atoms with van der Waals surface area (Å²) in [6, 6.07) is 5.77. The fourth-order valence-corrected chi connectivity index (χ4v) is 1.63. The highest BCUT2D eigenvalue weighted by atomic mass is 35.5. The summed E-state index contributed by atoms with van der Waals surface area (Å²) in [5, 5.41) is 8.35. The summed E-state index contributed by atoms with van der Waals surface area (Å²) in [7, 11) is 0. The minimum atomic E-state index is 0.432. The first-order valence-corrected chi connectivity index (χ1v) is 4.93. The fraction of sp³-hybridized carbons (Fsp3) is 0.200. The zero-order valence-electron chi connectivity index (χ0n) is 8.31. The molecule has 1 aromatic heterocycles. The molecule has 0 radical (unpaired) electrons. The van der Waals surface area contributed by atoms with Gasteiger partial charge in [-0.05, 0) is 30.2 Å². The Hall–Kier alpha value is -1.55. The van der Waals surface area contributed by atoms with Gasteiger partial charge >= 0.3 is 0 Å². The SMILES string of the molecule is Cc1cc(Cl)ccc1Cn1cc(N)nn1. The van der Waals surface area contributed by atoms with E-state index in [4.69, 9.17) is 17.3 Å². The van der Waals surface area contributed by atoms with Gasteiger partial charge < -0.3 is 5.73 Å². The molecule has 0 aliphatic heterocycles. The quantitative estimate of drug-likeness (QED) is 0.844. The zero-order valence-corrected chi connectivity index (χ0v) is 9.07. The van der Waals surface area contributed by atoms with Crippen molar-refractivity contribution in [2.75, 3.05) is 5.73 Å². The lowest BCUT2D eigenvalue weighted by molar-refractivity contribution is 0.647. The predicted molar refractivity (Wildman–Crippen MR) is 59.7 cm³/mol. The molecular weight excluding hydrogens is 212 g/mol. The Balaban J connectivity index is 2.24. The number of hydrogen-bond donors (Lipinski definition) is 1. The third-order valence-corrected chi connectivity index (χ3v) is 2.43. The highest BCUT2D eigenvalue weighted by molar-refractivity contribution is 6.30. The van der Waals surface area contributed by atoms with Crippen LogP contribution in [0.15, 0.2) is 24.4 Å². The number of rotatable bonds is 2. The summed E-state index contributed by atoms with van der Waals surface area (Å²) >= 11 is 5.87. The molecule has 4 nitrogen and oxygen atoms in total. The highest BCUT2D eigenvalue weighted by Crippen LogP contribution is 2.16. The minimum Gasteiger partial charge on any atom is -0.381 e. The molecule has 2 rings (SSSR count). The van der Waals surface area contributed by atoms with Crippen LogP contribution in [0.3, 0.4) is 0 Å². The monoisotopic (exact) mass is 222 g/mol. The second kappa shape index (κ2) is 3.90. The average Bonchev–Trinajstić information content (AvgIpc) is 2.56. The van der Waals surface area contributed by atoms with Crippen molar-refractivity contribution in [1.29, 1.82) is 0 Å². The third-order valence-electron chi connectivity index (χ3n) is 2.19. The first kappa shape index (κ1) is 9.98. The summed E-state index contributed by atoms with van der Waals surface area (Å²) < 4.78 is 1.70. The number of hydrogen-bond acceptors (Lipinski definition) is 3. The summed E-state index contributed by atoms with van der Waals surface area (Å²) in [6.07, 6.45) is 1.70. The minimum absolute atomic E-state index is 0.432. The van der Waals surface area contributed by atoms with E-state index in [9.17, 15) is 0 Å². The van der Waals surface area contributed by atoms with Gasteiger partial charge in [0.2, 0.25) is 0 Å². The van der Waals surface area contributed by atoms with Gasteiger partial charge in [-0.3, -0.25) is 0 Å². The van der Waals surface area contributed by atoms with Crippen molar-refractivity contribution in [3.63, 3.8) is 0 Å².